The number of amides is 5. The molecule has 0 aromatic heterocycles. The molecule has 5 aromatic carbocycles. The zero-order valence-corrected chi connectivity index (χ0v) is 62.4. The maximum absolute atomic E-state index is 15.2. The molecule has 2 aliphatic rings. The number of carbonyl (C=O) groups excluding carboxylic acids is 5. The molecule has 16 N–H and O–H groups in total. The predicted octanol–water partition coefficient (Wildman–Crippen LogP) is 5.13. The molecule has 0 saturated carbocycles. The molecule has 5 atom stereocenters. The number of sulfonamides is 2. The Kier molecular flexibility index (Phi) is 26.7. The van der Waals surface area contributed by atoms with Crippen molar-refractivity contribution in [3.8, 4) is 11.5 Å². The highest BCUT2D eigenvalue weighted by Gasteiger charge is 2.42. The summed E-state index contributed by atoms with van der Waals surface area (Å²) >= 11 is 1.37. The number of benzene rings is 5. The molecule has 552 valence electrons. The largest absolute Gasteiger partial charge is 0.487 e. The van der Waals surface area contributed by atoms with Crippen molar-refractivity contribution in [2.45, 2.75) is 197 Å². The number of carbonyl (C=O) groups is 6. The average molecular weight is 1460 g/mol. The quantitative estimate of drug-likeness (QED) is 0.0112. The molecule has 0 saturated heterocycles. The Bertz CT molecular complexity index is 4150. The third-order valence-electron chi connectivity index (χ3n) is 18.0. The van der Waals surface area contributed by atoms with Gasteiger partial charge in [-0.2, -0.15) is 0 Å². The van der Waals surface area contributed by atoms with Crippen molar-refractivity contribution in [3.63, 3.8) is 0 Å². The Morgan fingerprint density at radius 3 is 1.22 bits per heavy atom. The lowest BCUT2D eigenvalue weighted by Crippen LogP contribution is -2.59. The molecule has 0 bridgehead atoms. The summed E-state index contributed by atoms with van der Waals surface area (Å²) in [4.78, 5) is 97.2. The smallest absolute Gasteiger partial charge is 0.326 e. The number of carboxylic acids is 1. The van der Waals surface area contributed by atoms with Crippen LogP contribution >= 0.6 is 11.8 Å². The number of aliphatic imine (C=N–C) groups is 3. The zero-order chi connectivity index (χ0) is 75.2. The van der Waals surface area contributed by atoms with E-state index in [4.69, 9.17) is 32.4 Å². The van der Waals surface area contributed by atoms with Crippen LogP contribution in [-0.2, 0) is 66.4 Å². The first kappa shape index (κ1) is 79.9. The van der Waals surface area contributed by atoms with E-state index < -0.39 is 114 Å². The zero-order valence-electron chi connectivity index (χ0n) is 60.0. The number of carboxylic acid groups (broad SMARTS) is 1. The van der Waals surface area contributed by atoms with Crippen molar-refractivity contribution in [3.05, 3.63) is 152 Å². The molecule has 27 nitrogen and oxygen atoms in total. The summed E-state index contributed by atoms with van der Waals surface area (Å²) in [6.45, 7) is 20.4. The molecule has 0 unspecified atom stereocenters. The average Bonchev–Trinajstić information content (AvgIpc) is 1.50. The fraction of sp³-hybridized carbons (Fsp3) is 0.458. The molecule has 0 aliphatic carbocycles. The van der Waals surface area contributed by atoms with Gasteiger partial charge in [-0.1, -0.05) is 97.9 Å². The fourth-order valence-electron chi connectivity index (χ4n) is 12.9. The van der Waals surface area contributed by atoms with Gasteiger partial charge in [-0.3, -0.25) is 38.9 Å². The lowest BCUT2D eigenvalue weighted by Gasteiger charge is -2.36. The van der Waals surface area contributed by atoms with Gasteiger partial charge in [0.25, 0.3) is 20.0 Å². The summed E-state index contributed by atoms with van der Waals surface area (Å²) in [5, 5.41) is 23.5. The SMILES string of the molecule is CC[C@@H](NC(=O)[C@@H](CCCN=C(N)NS(=O)(=O)c1c(C)c(C)c2c(c1C)CC(C)(C)O2)NC(=O)[C@@H](CCCN=C(N)NS(=O)(=O)c1c(C)c(C)c2c(c1C)CC(C)(C)O2)NC(=O)[C@@H](CSC(c1ccccc1)(c1ccccc1)c1ccccc1)NC(C)=O)C(=O)N[C@H](CCCN=C(N)N)C(=O)O. The van der Waals surface area contributed by atoms with Gasteiger partial charge in [-0.15, -0.1) is 11.8 Å². The Morgan fingerprint density at radius 2 is 0.853 bits per heavy atom. The second kappa shape index (κ2) is 34.0. The van der Waals surface area contributed by atoms with E-state index in [-0.39, 0.29) is 86.1 Å². The fourth-order valence-corrected chi connectivity index (χ4v) is 17.5. The van der Waals surface area contributed by atoms with Gasteiger partial charge < -0.3 is 64.1 Å². The third-order valence-corrected chi connectivity index (χ3v) is 22.9. The minimum absolute atomic E-state index is 0.0161. The van der Waals surface area contributed by atoms with Crippen LogP contribution in [0.5, 0.6) is 11.5 Å². The van der Waals surface area contributed by atoms with Crippen LogP contribution in [0.4, 0.5) is 0 Å². The number of guanidine groups is 3. The van der Waals surface area contributed by atoms with Crippen LogP contribution in [-0.4, -0.2) is 142 Å². The van der Waals surface area contributed by atoms with E-state index in [1.54, 1.807) is 48.5 Å². The van der Waals surface area contributed by atoms with Crippen molar-refractivity contribution in [1.29, 1.82) is 0 Å². The van der Waals surface area contributed by atoms with Crippen LogP contribution < -0.4 is 68.4 Å². The predicted molar refractivity (Wildman–Crippen MR) is 395 cm³/mol. The van der Waals surface area contributed by atoms with E-state index in [1.165, 1.54) is 18.7 Å². The number of rotatable bonds is 33. The van der Waals surface area contributed by atoms with Crippen LogP contribution in [0.2, 0.25) is 0 Å². The summed E-state index contributed by atoms with van der Waals surface area (Å²) in [5.41, 5.74) is 29.7. The summed E-state index contributed by atoms with van der Waals surface area (Å²) in [6.07, 6.45) is 0.364. The standard InChI is InChI=1S/C72H98N14O13S3/c1-13-53(62(88)84-56(66(92)93)34-25-35-77-67(73)74)81-63(89)54(32-23-36-78-68(75)85-101(94,95)60-43(4)41(2)58-51(45(60)6)38-70(9,10)98-58)82-64(90)55(33-24-37-79-69(76)86-102(96,97)61-44(5)42(3)59-52(46(61)7)39-71(11,12)99-59)83-65(91)57(80-47(8)87)40-100-72(48-26-17-14-18-27-48,49-28-19-15-20-29-49)50-30-21-16-22-31-50/h14-22,26-31,53-57H,13,23-25,32-40H2,1-12H3,(H,80,87)(H,81,89)(H,82,90)(H,83,91)(H,84,88)(H,92,93)(H4,73,74,77)(H3,75,78,85)(H3,76,79,86)/t53-,54-,55-,56-,57-/m1/s1. The Morgan fingerprint density at radius 1 is 0.510 bits per heavy atom. The monoisotopic (exact) mass is 1460 g/mol. The molecular weight excluding hydrogens is 1370 g/mol. The first-order valence-corrected chi connectivity index (χ1v) is 37.7. The first-order valence-electron chi connectivity index (χ1n) is 33.8. The van der Waals surface area contributed by atoms with Crippen LogP contribution in [0.25, 0.3) is 0 Å². The van der Waals surface area contributed by atoms with Gasteiger partial charge in [0.15, 0.2) is 5.96 Å². The van der Waals surface area contributed by atoms with Gasteiger partial charge in [0, 0.05) is 56.3 Å². The number of hydrogen-bond donors (Lipinski definition) is 12. The molecule has 5 amide bonds. The molecule has 102 heavy (non-hydrogen) atoms. The summed E-state index contributed by atoms with van der Waals surface area (Å²) in [7, 11) is -8.68. The van der Waals surface area contributed by atoms with Gasteiger partial charge in [-0.25, -0.2) is 31.1 Å². The molecule has 0 radical (unpaired) electrons. The van der Waals surface area contributed by atoms with Crippen molar-refractivity contribution < 1.29 is 60.2 Å². The van der Waals surface area contributed by atoms with E-state index in [9.17, 15) is 41.1 Å². The molecule has 0 fully saturated rings. The van der Waals surface area contributed by atoms with E-state index in [2.05, 4.69) is 51.0 Å². The molecule has 7 rings (SSSR count). The minimum Gasteiger partial charge on any atom is -0.487 e. The normalized spacial score (nSPS) is 15.5. The van der Waals surface area contributed by atoms with Crippen molar-refractivity contribution in [2.75, 3.05) is 25.4 Å². The van der Waals surface area contributed by atoms with Gasteiger partial charge in [0.2, 0.25) is 41.5 Å². The Balaban J connectivity index is 1.21. The van der Waals surface area contributed by atoms with Gasteiger partial charge in [0.05, 0.1) is 14.5 Å². The number of nitrogens with two attached hydrogens (primary N) is 4. The van der Waals surface area contributed by atoms with Crippen LogP contribution in [0, 0.1) is 41.5 Å². The maximum atomic E-state index is 15.2. The maximum Gasteiger partial charge on any atom is 0.326 e. The molecule has 2 heterocycles. The Labute approximate surface area is 602 Å². The number of nitrogens with one attached hydrogen (secondary N) is 7. The molecule has 5 aromatic rings. The minimum atomic E-state index is -4.34. The summed E-state index contributed by atoms with van der Waals surface area (Å²) in [6, 6.07) is 21.7. The number of nitrogens with zero attached hydrogens (tertiary/aromatic N) is 3. The van der Waals surface area contributed by atoms with Crippen LogP contribution in [0.3, 0.4) is 0 Å². The van der Waals surface area contributed by atoms with Crippen molar-refractivity contribution in [2.24, 2.45) is 37.9 Å². The van der Waals surface area contributed by atoms with Crippen molar-refractivity contribution >= 4 is 85.2 Å². The third kappa shape index (κ3) is 19.8. The topological polar surface area (TPSA) is 435 Å². The lowest BCUT2D eigenvalue weighted by molar-refractivity contribution is -0.142. The molecular formula is C72H98N14O13S3. The van der Waals surface area contributed by atoms with Gasteiger partial charge in [-0.05, 0) is 164 Å². The van der Waals surface area contributed by atoms with Crippen LogP contribution in [0.1, 0.15) is 148 Å². The number of fused-ring (bicyclic) bond motifs is 2. The highest BCUT2D eigenvalue weighted by molar-refractivity contribution is 8.00. The molecule has 2 aliphatic heterocycles. The molecule has 0 spiro atoms. The summed E-state index contributed by atoms with van der Waals surface area (Å²) in [5.74, 6) is -5.44. The lowest BCUT2D eigenvalue weighted by atomic mass is 9.84. The van der Waals surface area contributed by atoms with E-state index in [1.807, 2.05) is 119 Å². The van der Waals surface area contributed by atoms with E-state index in [0.717, 1.165) is 27.8 Å². The number of aliphatic carboxylic acids is 1. The van der Waals surface area contributed by atoms with E-state index >= 15 is 9.59 Å². The molecule has 30 heteroatoms. The summed E-state index contributed by atoms with van der Waals surface area (Å²) < 4.78 is 72.9. The highest BCUT2D eigenvalue weighted by atomic mass is 32.2. The number of ether oxygens (including phenoxy) is 2. The van der Waals surface area contributed by atoms with Gasteiger partial charge >= 0.3 is 5.97 Å². The van der Waals surface area contributed by atoms with Gasteiger partial charge in [0.1, 0.15) is 52.9 Å². The number of thioether (sulfide) groups is 1. The second-order valence-electron chi connectivity index (χ2n) is 26.9. The Hall–Kier alpha value is -9.42. The first-order chi connectivity index (χ1) is 47.9. The van der Waals surface area contributed by atoms with Crippen LogP contribution in [0.15, 0.2) is 116 Å². The van der Waals surface area contributed by atoms with E-state index in [0.29, 0.717) is 57.7 Å². The highest BCUT2D eigenvalue weighted by Crippen LogP contribution is 2.49. The number of hydrogen-bond acceptors (Lipinski definition) is 16. The van der Waals surface area contributed by atoms with Crippen molar-refractivity contribution in [1.82, 2.24) is 36.0 Å². The second-order valence-corrected chi connectivity index (χ2v) is 31.4.